The Morgan fingerprint density at radius 3 is 2.57 bits per heavy atom. The van der Waals surface area contributed by atoms with Gasteiger partial charge in [0, 0.05) is 9.80 Å². The first-order valence-corrected chi connectivity index (χ1v) is 5.98. The summed E-state index contributed by atoms with van der Waals surface area (Å²) in [5.41, 5.74) is 2.10. The van der Waals surface area contributed by atoms with E-state index >= 15 is 0 Å². The molecular formula is C10H10Br2O2. The molecule has 0 atom stereocenters. The maximum Gasteiger partial charge on any atom is 0.309 e. The minimum Gasteiger partial charge on any atom is -0.469 e. The smallest absolute Gasteiger partial charge is 0.309 e. The predicted molar refractivity (Wildman–Crippen MR) is 62.5 cm³/mol. The zero-order valence-corrected chi connectivity index (χ0v) is 10.9. The molecule has 0 saturated heterocycles. The summed E-state index contributed by atoms with van der Waals surface area (Å²) in [6.07, 6.45) is 0.315. The molecule has 0 bridgehead atoms. The lowest BCUT2D eigenvalue weighted by molar-refractivity contribution is -0.139. The summed E-state index contributed by atoms with van der Waals surface area (Å²) in [6.45, 7) is 0. The number of ether oxygens (including phenoxy) is 1. The van der Waals surface area contributed by atoms with E-state index in [9.17, 15) is 4.79 Å². The molecule has 0 radical (unpaired) electrons. The van der Waals surface area contributed by atoms with Crippen molar-refractivity contribution in [2.24, 2.45) is 0 Å². The van der Waals surface area contributed by atoms with Crippen molar-refractivity contribution in [3.05, 3.63) is 33.8 Å². The fourth-order valence-electron chi connectivity index (χ4n) is 1.14. The van der Waals surface area contributed by atoms with E-state index in [-0.39, 0.29) is 5.97 Å². The molecule has 0 aliphatic carbocycles. The molecule has 76 valence electrons. The lowest BCUT2D eigenvalue weighted by Crippen LogP contribution is -2.04. The molecule has 14 heavy (non-hydrogen) atoms. The molecule has 0 aliphatic heterocycles. The number of benzene rings is 1. The highest BCUT2D eigenvalue weighted by molar-refractivity contribution is 9.10. The van der Waals surface area contributed by atoms with E-state index < -0.39 is 0 Å². The van der Waals surface area contributed by atoms with Crippen molar-refractivity contribution in [3.63, 3.8) is 0 Å². The van der Waals surface area contributed by atoms with Crippen LogP contribution < -0.4 is 0 Å². The Morgan fingerprint density at radius 2 is 2.00 bits per heavy atom. The van der Waals surface area contributed by atoms with Crippen LogP contribution in [0.2, 0.25) is 0 Å². The highest BCUT2D eigenvalue weighted by Gasteiger charge is 2.04. The largest absolute Gasteiger partial charge is 0.469 e. The van der Waals surface area contributed by atoms with E-state index in [0.717, 1.165) is 20.9 Å². The van der Waals surface area contributed by atoms with E-state index in [1.165, 1.54) is 7.11 Å². The molecule has 0 amide bonds. The van der Waals surface area contributed by atoms with Crippen LogP contribution in [-0.4, -0.2) is 13.1 Å². The van der Waals surface area contributed by atoms with Crippen LogP contribution in [-0.2, 0) is 21.3 Å². The number of carbonyl (C=O) groups is 1. The van der Waals surface area contributed by atoms with Gasteiger partial charge < -0.3 is 4.74 Å². The van der Waals surface area contributed by atoms with Gasteiger partial charge in [-0.15, -0.1) is 0 Å². The number of alkyl halides is 1. The molecule has 0 spiro atoms. The summed E-state index contributed by atoms with van der Waals surface area (Å²) >= 11 is 6.76. The molecule has 0 N–H and O–H groups in total. The normalized spacial score (nSPS) is 9.93. The average molecular weight is 322 g/mol. The fraction of sp³-hybridized carbons (Fsp3) is 0.300. The van der Waals surface area contributed by atoms with Crippen molar-refractivity contribution in [1.82, 2.24) is 0 Å². The molecule has 0 fully saturated rings. The van der Waals surface area contributed by atoms with Gasteiger partial charge in [0.2, 0.25) is 0 Å². The summed E-state index contributed by atoms with van der Waals surface area (Å²) < 4.78 is 5.58. The van der Waals surface area contributed by atoms with Crippen LogP contribution in [0, 0.1) is 0 Å². The van der Waals surface area contributed by atoms with Crippen LogP contribution in [0.5, 0.6) is 0 Å². The zero-order chi connectivity index (χ0) is 10.6. The van der Waals surface area contributed by atoms with E-state index in [2.05, 4.69) is 36.6 Å². The molecular weight excluding hydrogens is 312 g/mol. The number of halogens is 2. The second kappa shape index (κ2) is 5.51. The minimum absolute atomic E-state index is 0.219. The van der Waals surface area contributed by atoms with Gasteiger partial charge in [-0.05, 0) is 23.3 Å². The van der Waals surface area contributed by atoms with Gasteiger partial charge >= 0.3 is 5.97 Å². The first-order valence-electron chi connectivity index (χ1n) is 4.07. The van der Waals surface area contributed by atoms with Crippen molar-refractivity contribution in [1.29, 1.82) is 0 Å². The maximum atomic E-state index is 11.0. The van der Waals surface area contributed by atoms with Gasteiger partial charge in [0.15, 0.2) is 0 Å². The maximum absolute atomic E-state index is 11.0. The minimum atomic E-state index is -0.219. The summed E-state index contributed by atoms with van der Waals surface area (Å²) in [5, 5.41) is 0.778. The lowest BCUT2D eigenvalue weighted by Gasteiger charge is -2.03. The highest BCUT2D eigenvalue weighted by Crippen LogP contribution is 2.18. The number of hydrogen-bond acceptors (Lipinski definition) is 2. The third kappa shape index (κ3) is 3.42. The zero-order valence-electron chi connectivity index (χ0n) is 7.72. The van der Waals surface area contributed by atoms with Crippen molar-refractivity contribution in [3.8, 4) is 0 Å². The van der Waals surface area contributed by atoms with Gasteiger partial charge in [-0.1, -0.05) is 37.9 Å². The predicted octanol–water partition coefficient (Wildman–Crippen LogP) is 3.06. The molecule has 0 heterocycles. The number of rotatable bonds is 3. The molecule has 1 rings (SSSR count). The van der Waals surface area contributed by atoms with E-state index in [1.54, 1.807) is 0 Å². The number of esters is 1. The molecule has 0 unspecified atom stereocenters. The SMILES string of the molecule is COC(=O)Cc1cc(Br)cc(CBr)c1. The molecule has 0 aromatic heterocycles. The van der Waals surface area contributed by atoms with Crippen molar-refractivity contribution in [2.75, 3.05) is 7.11 Å². The van der Waals surface area contributed by atoms with Gasteiger partial charge in [-0.25, -0.2) is 0 Å². The molecule has 2 nitrogen and oxygen atoms in total. The van der Waals surface area contributed by atoms with Crippen molar-refractivity contribution in [2.45, 2.75) is 11.8 Å². The van der Waals surface area contributed by atoms with Crippen LogP contribution in [0.25, 0.3) is 0 Å². The van der Waals surface area contributed by atoms with E-state index in [4.69, 9.17) is 0 Å². The van der Waals surface area contributed by atoms with Gasteiger partial charge in [0.05, 0.1) is 13.5 Å². The first-order chi connectivity index (χ1) is 6.65. The summed E-state index contributed by atoms with van der Waals surface area (Å²) in [4.78, 5) is 11.0. The standard InChI is InChI=1S/C10H10Br2O2/c1-14-10(13)5-7-2-8(6-11)4-9(12)3-7/h2-4H,5-6H2,1H3. The van der Waals surface area contributed by atoms with Gasteiger partial charge in [-0.3, -0.25) is 4.79 Å². The summed E-state index contributed by atoms with van der Waals surface area (Å²) in [6, 6.07) is 5.91. The molecule has 1 aromatic carbocycles. The Kier molecular flexibility index (Phi) is 4.62. The van der Waals surface area contributed by atoms with Gasteiger partial charge in [0.25, 0.3) is 0 Å². The Balaban J connectivity index is 2.86. The lowest BCUT2D eigenvalue weighted by atomic mass is 10.1. The van der Waals surface area contributed by atoms with Crippen molar-refractivity contribution >= 4 is 37.8 Å². The Labute approximate surface area is 99.9 Å². The molecule has 0 saturated carbocycles. The Bertz CT molecular complexity index is 337. The third-order valence-electron chi connectivity index (χ3n) is 1.75. The Hall–Kier alpha value is -0.350. The number of hydrogen-bond donors (Lipinski definition) is 0. The third-order valence-corrected chi connectivity index (χ3v) is 2.85. The van der Waals surface area contributed by atoms with Crippen molar-refractivity contribution < 1.29 is 9.53 Å². The van der Waals surface area contributed by atoms with Crippen LogP contribution in [0.1, 0.15) is 11.1 Å². The molecule has 4 heteroatoms. The highest BCUT2D eigenvalue weighted by atomic mass is 79.9. The Morgan fingerprint density at radius 1 is 1.36 bits per heavy atom. The van der Waals surface area contributed by atoms with Gasteiger partial charge in [0.1, 0.15) is 0 Å². The van der Waals surface area contributed by atoms with Crippen LogP contribution in [0.15, 0.2) is 22.7 Å². The topological polar surface area (TPSA) is 26.3 Å². The summed E-state index contributed by atoms with van der Waals surface area (Å²) in [5.74, 6) is -0.219. The van der Waals surface area contributed by atoms with E-state index in [1.807, 2.05) is 18.2 Å². The second-order valence-electron chi connectivity index (χ2n) is 2.85. The second-order valence-corrected chi connectivity index (χ2v) is 4.33. The van der Waals surface area contributed by atoms with Gasteiger partial charge in [-0.2, -0.15) is 0 Å². The van der Waals surface area contributed by atoms with E-state index in [0.29, 0.717) is 6.42 Å². The average Bonchev–Trinajstić information content (AvgIpc) is 2.16. The first kappa shape index (κ1) is 11.7. The van der Waals surface area contributed by atoms with Crippen LogP contribution in [0.3, 0.4) is 0 Å². The summed E-state index contributed by atoms with van der Waals surface area (Å²) in [7, 11) is 1.39. The van der Waals surface area contributed by atoms with Crippen LogP contribution in [0.4, 0.5) is 0 Å². The quantitative estimate of drug-likeness (QED) is 0.632. The number of methoxy groups -OCH3 is 1. The molecule has 0 aliphatic rings. The molecule has 1 aromatic rings. The monoisotopic (exact) mass is 320 g/mol. The fourth-order valence-corrected chi connectivity index (χ4v) is 2.05. The number of carbonyl (C=O) groups excluding carboxylic acids is 1. The van der Waals surface area contributed by atoms with Crippen LogP contribution >= 0.6 is 31.9 Å².